The first-order valence-corrected chi connectivity index (χ1v) is 9.92. The van der Waals surface area contributed by atoms with Crippen LogP contribution in [0.15, 0.2) is 73.1 Å². The number of amides is 2. The van der Waals surface area contributed by atoms with E-state index in [2.05, 4.69) is 4.98 Å². The van der Waals surface area contributed by atoms with Gasteiger partial charge in [0.15, 0.2) is 0 Å². The van der Waals surface area contributed by atoms with Gasteiger partial charge in [-0.15, -0.1) is 0 Å². The lowest BCUT2D eigenvalue weighted by atomic mass is 10.0. The second kappa shape index (κ2) is 8.86. The highest BCUT2D eigenvalue weighted by Gasteiger charge is 2.24. The summed E-state index contributed by atoms with van der Waals surface area (Å²) in [5, 5.41) is 0. The summed E-state index contributed by atoms with van der Waals surface area (Å²) in [4.78, 5) is 33.0. The Morgan fingerprint density at radius 3 is 2.43 bits per heavy atom. The van der Waals surface area contributed by atoms with Crippen molar-refractivity contribution in [1.82, 2.24) is 14.8 Å². The predicted molar refractivity (Wildman–Crippen MR) is 112 cm³/mol. The molecule has 152 valence electrons. The SMILES string of the molecule is O=C1CCN(C(=O)c2ccc(-c3cccc(F)c3)cc2)CCN1Cc1ccncc1. The highest BCUT2D eigenvalue weighted by atomic mass is 19.1. The average Bonchev–Trinajstić information content (AvgIpc) is 2.96. The predicted octanol–water partition coefficient (Wildman–Crippen LogP) is 3.76. The normalized spacial score (nSPS) is 14.5. The average molecular weight is 403 g/mol. The number of halogens is 1. The number of hydrogen-bond acceptors (Lipinski definition) is 3. The minimum absolute atomic E-state index is 0.0450. The number of carbonyl (C=O) groups excluding carboxylic acids is 2. The van der Waals surface area contributed by atoms with Crippen LogP contribution >= 0.6 is 0 Å². The minimum Gasteiger partial charge on any atom is -0.337 e. The smallest absolute Gasteiger partial charge is 0.253 e. The number of benzene rings is 2. The Labute approximate surface area is 174 Å². The van der Waals surface area contributed by atoms with Gasteiger partial charge >= 0.3 is 0 Å². The van der Waals surface area contributed by atoms with E-state index in [1.807, 2.05) is 30.3 Å². The van der Waals surface area contributed by atoms with Crippen LogP contribution in [0.3, 0.4) is 0 Å². The van der Waals surface area contributed by atoms with Crippen LogP contribution in [0.25, 0.3) is 11.1 Å². The molecular formula is C24H22FN3O2. The first-order chi connectivity index (χ1) is 14.6. The van der Waals surface area contributed by atoms with E-state index >= 15 is 0 Å². The number of nitrogens with zero attached hydrogens (tertiary/aromatic N) is 3. The number of pyridine rings is 1. The monoisotopic (exact) mass is 403 g/mol. The molecule has 5 nitrogen and oxygen atoms in total. The van der Waals surface area contributed by atoms with Gasteiger partial charge in [-0.1, -0.05) is 24.3 Å². The van der Waals surface area contributed by atoms with Crippen molar-refractivity contribution in [3.8, 4) is 11.1 Å². The maximum absolute atomic E-state index is 13.4. The third-order valence-electron chi connectivity index (χ3n) is 5.29. The lowest BCUT2D eigenvalue weighted by Gasteiger charge is -2.22. The van der Waals surface area contributed by atoms with E-state index < -0.39 is 0 Å². The van der Waals surface area contributed by atoms with Gasteiger partial charge in [0.25, 0.3) is 5.91 Å². The lowest BCUT2D eigenvalue weighted by Crippen LogP contribution is -2.35. The molecule has 0 atom stereocenters. The quantitative estimate of drug-likeness (QED) is 0.667. The fourth-order valence-corrected chi connectivity index (χ4v) is 3.60. The molecule has 0 saturated carbocycles. The van der Waals surface area contributed by atoms with Crippen LogP contribution in [0.4, 0.5) is 4.39 Å². The van der Waals surface area contributed by atoms with Crippen LogP contribution in [-0.2, 0) is 11.3 Å². The molecule has 0 bridgehead atoms. The summed E-state index contributed by atoms with van der Waals surface area (Å²) in [5.74, 6) is -0.346. The van der Waals surface area contributed by atoms with Crippen LogP contribution in [0, 0.1) is 5.82 Å². The van der Waals surface area contributed by atoms with E-state index in [0.29, 0.717) is 38.2 Å². The molecule has 2 amide bonds. The summed E-state index contributed by atoms with van der Waals surface area (Å²) >= 11 is 0. The van der Waals surface area contributed by atoms with E-state index in [9.17, 15) is 14.0 Å². The molecule has 4 rings (SSSR count). The molecule has 30 heavy (non-hydrogen) atoms. The molecule has 0 N–H and O–H groups in total. The van der Waals surface area contributed by atoms with E-state index in [1.165, 1.54) is 12.1 Å². The summed E-state index contributed by atoms with van der Waals surface area (Å²) < 4.78 is 13.4. The zero-order valence-electron chi connectivity index (χ0n) is 16.5. The maximum Gasteiger partial charge on any atom is 0.253 e. The van der Waals surface area contributed by atoms with Crippen LogP contribution in [-0.4, -0.2) is 46.2 Å². The van der Waals surface area contributed by atoms with Crippen molar-refractivity contribution in [3.63, 3.8) is 0 Å². The van der Waals surface area contributed by atoms with Crippen molar-refractivity contribution in [3.05, 3.63) is 90.0 Å². The molecule has 2 heterocycles. The molecule has 1 aliphatic heterocycles. The van der Waals surface area contributed by atoms with Gasteiger partial charge in [-0.3, -0.25) is 14.6 Å². The topological polar surface area (TPSA) is 53.5 Å². The largest absolute Gasteiger partial charge is 0.337 e. The molecule has 6 heteroatoms. The standard InChI is InChI=1S/C24H22FN3O2/c25-22-3-1-2-21(16-22)19-4-6-20(7-5-19)24(30)27-13-10-23(29)28(15-14-27)17-18-8-11-26-12-9-18/h1-9,11-12,16H,10,13-15,17H2. The Hall–Kier alpha value is -3.54. The van der Waals surface area contributed by atoms with E-state index in [4.69, 9.17) is 0 Å². The number of hydrogen-bond donors (Lipinski definition) is 0. The van der Waals surface area contributed by atoms with Crippen molar-refractivity contribution < 1.29 is 14.0 Å². The maximum atomic E-state index is 13.4. The highest BCUT2D eigenvalue weighted by molar-refractivity contribution is 5.95. The minimum atomic E-state index is -0.293. The molecule has 0 spiro atoms. The molecule has 1 fully saturated rings. The molecule has 0 radical (unpaired) electrons. The van der Waals surface area contributed by atoms with Gasteiger partial charge in [-0.05, 0) is 53.1 Å². The van der Waals surface area contributed by atoms with Gasteiger partial charge in [0.05, 0.1) is 0 Å². The number of rotatable bonds is 4. The van der Waals surface area contributed by atoms with Gasteiger partial charge in [0, 0.05) is 50.6 Å². The van der Waals surface area contributed by atoms with E-state index in [-0.39, 0.29) is 17.6 Å². The third-order valence-corrected chi connectivity index (χ3v) is 5.29. The molecule has 1 saturated heterocycles. The van der Waals surface area contributed by atoms with Gasteiger partial charge in [0.2, 0.25) is 5.91 Å². The van der Waals surface area contributed by atoms with Crippen LogP contribution in [0.2, 0.25) is 0 Å². The first kappa shape index (κ1) is 19.8. The van der Waals surface area contributed by atoms with Crippen molar-refractivity contribution in [2.45, 2.75) is 13.0 Å². The number of aromatic nitrogens is 1. The molecule has 0 unspecified atom stereocenters. The molecule has 1 aromatic heterocycles. The lowest BCUT2D eigenvalue weighted by molar-refractivity contribution is -0.130. The Balaban J connectivity index is 1.43. The fourth-order valence-electron chi connectivity index (χ4n) is 3.60. The van der Waals surface area contributed by atoms with Crippen molar-refractivity contribution in [1.29, 1.82) is 0 Å². The van der Waals surface area contributed by atoms with Gasteiger partial charge in [0.1, 0.15) is 5.82 Å². The first-order valence-electron chi connectivity index (χ1n) is 9.92. The highest BCUT2D eigenvalue weighted by Crippen LogP contribution is 2.21. The molecular weight excluding hydrogens is 381 g/mol. The molecule has 3 aromatic rings. The van der Waals surface area contributed by atoms with Crippen LogP contribution in [0.1, 0.15) is 22.3 Å². The van der Waals surface area contributed by atoms with Crippen LogP contribution in [0.5, 0.6) is 0 Å². The van der Waals surface area contributed by atoms with E-state index in [0.717, 1.165) is 16.7 Å². The summed E-state index contributed by atoms with van der Waals surface area (Å²) in [5.41, 5.74) is 3.19. The summed E-state index contributed by atoms with van der Waals surface area (Å²) in [7, 11) is 0. The third kappa shape index (κ3) is 4.54. The summed E-state index contributed by atoms with van der Waals surface area (Å²) in [6.07, 6.45) is 3.72. The van der Waals surface area contributed by atoms with Gasteiger partial charge in [-0.2, -0.15) is 0 Å². The fraction of sp³-hybridized carbons (Fsp3) is 0.208. The van der Waals surface area contributed by atoms with Crippen molar-refractivity contribution in [2.75, 3.05) is 19.6 Å². The number of carbonyl (C=O) groups is 2. The van der Waals surface area contributed by atoms with Crippen molar-refractivity contribution in [2.24, 2.45) is 0 Å². The van der Waals surface area contributed by atoms with E-state index in [1.54, 1.807) is 40.4 Å². The van der Waals surface area contributed by atoms with Crippen LogP contribution < -0.4 is 0 Å². The van der Waals surface area contributed by atoms with Gasteiger partial charge < -0.3 is 9.80 Å². The Kier molecular flexibility index (Phi) is 5.84. The Bertz CT molecular complexity index is 1040. The molecule has 0 aliphatic carbocycles. The second-order valence-electron chi connectivity index (χ2n) is 7.30. The Morgan fingerprint density at radius 1 is 0.933 bits per heavy atom. The molecule has 2 aromatic carbocycles. The summed E-state index contributed by atoms with van der Waals surface area (Å²) in [6, 6.07) is 17.3. The van der Waals surface area contributed by atoms with Crippen molar-refractivity contribution >= 4 is 11.8 Å². The molecule has 1 aliphatic rings. The Morgan fingerprint density at radius 2 is 1.70 bits per heavy atom. The zero-order chi connectivity index (χ0) is 20.9. The zero-order valence-corrected chi connectivity index (χ0v) is 16.5. The van der Waals surface area contributed by atoms with Gasteiger partial charge in [-0.25, -0.2) is 4.39 Å². The summed E-state index contributed by atoms with van der Waals surface area (Å²) in [6.45, 7) is 1.90. The second-order valence-corrected chi connectivity index (χ2v) is 7.30.